The molecule has 1 aromatic heterocycles. The number of likely N-dealkylation sites (N-methyl/N-ethyl adjacent to an activating group) is 2. The van der Waals surface area contributed by atoms with Crippen molar-refractivity contribution < 1.29 is 18.5 Å². The Kier molecular flexibility index (Phi) is 12.2. The number of amides is 2. The van der Waals surface area contributed by atoms with Gasteiger partial charge in [0.05, 0.1) is 24.8 Å². The van der Waals surface area contributed by atoms with Crippen molar-refractivity contribution in [3.63, 3.8) is 0 Å². The number of aromatic nitrogens is 1. The van der Waals surface area contributed by atoms with Crippen LogP contribution in [0.15, 0.2) is 48.7 Å². The Hall–Kier alpha value is -3.76. The van der Waals surface area contributed by atoms with Gasteiger partial charge >= 0.3 is 0 Å². The minimum atomic E-state index is -2.98. The van der Waals surface area contributed by atoms with Crippen LogP contribution < -0.4 is 9.46 Å². The van der Waals surface area contributed by atoms with Crippen LogP contribution in [0, 0.1) is 5.41 Å². The third-order valence-corrected chi connectivity index (χ3v) is 12.3. The van der Waals surface area contributed by atoms with E-state index < -0.39 is 21.2 Å². The van der Waals surface area contributed by atoms with E-state index in [1.54, 1.807) is 27.3 Å². The monoisotopic (exact) mass is 705 g/mol. The van der Waals surface area contributed by atoms with Crippen molar-refractivity contribution in [2.45, 2.75) is 85.6 Å². The van der Waals surface area contributed by atoms with E-state index in [0.717, 1.165) is 65.1 Å². The first kappa shape index (κ1) is 39.0. The number of carbonyl (C=O) groups is 2. The Morgan fingerprint density at radius 1 is 1.06 bits per heavy atom. The number of nitrogens with zero attached hydrogens (tertiary/aromatic N) is 4. The van der Waals surface area contributed by atoms with Crippen LogP contribution >= 0.6 is 0 Å². The number of ether oxygens (including phenoxy) is 1. The van der Waals surface area contributed by atoms with Gasteiger partial charge in [0.1, 0.15) is 15.6 Å². The summed E-state index contributed by atoms with van der Waals surface area (Å²) >= 11 is 0. The summed E-state index contributed by atoms with van der Waals surface area (Å²) in [5.74, 6) is 4.36. The molecule has 1 fully saturated rings. The first-order valence-electron chi connectivity index (χ1n) is 18.0. The van der Waals surface area contributed by atoms with Crippen molar-refractivity contribution in [1.29, 1.82) is 0 Å². The third kappa shape index (κ3) is 7.33. The molecule has 3 aromatic rings. The van der Waals surface area contributed by atoms with Crippen LogP contribution in [0.3, 0.4) is 0 Å². The van der Waals surface area contributed by atoms with Crippen molar-refractivity contribution in [3.8, 4) is 17.0 Å². The van der Waals surface area contributed by atoms with Gasteiger partial charge in [0.15, 0.2) is 0 Å². The maximum atomic E-state index is 14.6. The first-order chi connectivity index (χ1) is 23.7. The molecule has 0 saturated heterocycles. The number of methoxy groups -OCH3 is 1. The maximum Gasteiger partial charge on any atom is 0.263 e. The molecule has 9 nitrogen and oxygen atoms in total. The molecule has 2 heterocycles. The molecule has 10 heteroatoms. The molecule has 274 valence electrons. The van der Waals surface area contributed by atoms with Gasteiger partial charge < -0.3 is 19.1 Å². The standard InChI is InChI=1S/C36H49N5O4S.C4H10/c1-11-23(4)32-28-16-14-25(34(42)37-46(10,44)38(6)7)18-31(28)41-22-36(35(43)39(8)21-24(5)40(12-2)13-3)20-30(36)29-19-26(45-9)15-17-27(29)33(32)41;1-3-4-2/h14-19,23,30H,5,10-13,20-22H2,1-4,6-9H3,(H,37,42,44);3-4H2,1-2H3. The molecular formula is C40H59N5O4S. The zero-order chi connectivity index (χ0) is 37.1. The van der Waals surface area contributed by atoms with Gasteiger partial charge in [-0.25, -0.2) is 8.51 Å². The lowest BCUT2D eigenvalue weighted by Gasteiger charge is -2.30. The number of benzene rings is 2. The van der Waals surface area contributed by atoms with E-state index in [9.17, 15) is 13.8 Å². The van der Waals surface area contributed by atoms with Crippen molar-refractivity contribution in [3.05, 3.63) is 65.4 Å². The van der Waals surface area contributed by atoms with E-state index in [4.69, 9.17) is 4.74 Å². The topological polar surface area (TPSA) is 87.1 Å². The Bertz CT molecular complexity index is 1840. The Morgan fingerprint density at radius 2 is 1.72 bits per heavy atom. The Labute approximate surface area is 300 Å². The van der Waals surface area contributed by atoms with Gasteiger partial charge in [-0.15, -0.1) is 0 Å². The molecule has 0 radical (unpaired) electrons. The SMILES string of the molecule is C=C(CN(C)C(=O)C12CC1c1cc(OC)ccc1-c1c(C(C)CC)c3ccc(C(=O)NS(=C)(=O)N(C)C)cc3n1C2)N(CC)CC.CCCC. The highest BCUT2D eigenvalue weighted by molar-refractivity contribution is 7.96. The number of unbranched alkanes of at least 4 members (excludes halogenated alkanes) is 1. The van der Waals surface area contributed by atoms with Gasteiger partial charge in [0, 0.05) is 74.4 Å². The van der Waals surface area contributed by atoms with E-state index >= 15 is 0 Å². The lowest BCUT2D eigenvalue weighted by molar-refractivity contribution is -0.136. The van der Waals surface area contributed by atoms with E-state index in [2.05, 4.69) is 80.3 Å². The van der Waals surface area contributed by atoms with Gasteiger partial charge in [-0.2, -0.15) is 0 Å². The molecule has 2 aromatic carbocycles. The lowest BCUT2D eigenvalue weighted by Crippen LogP contribution is -2.40. The average molecular weight is 706 g/mol. The molecular weight excluding hydrogens is 647 g/mol. The summed E-state index contributed by atoms with van der Waals surface area (Å²) in [6.07, 6.45) is 4.29. The van der Waals surface area contributed by atoms with E-state index in [0.29, 0.717) is 18.7 Å². The molecule has 50 heavy (non-hydrogen) atoms. The van der Waals surface area contributed by atoms with Crippen LogP contribution in [-0.2, 0) is 21.2 Å². The second-order valence-corrected chi connectivity index (χ2v) is 16.3. The molecule has 0 spiro atoms. The maximum absolute atomic E-state index is 14.6. The van der Waals surface area contributed by atoms with Crippen LogP contribution in [0.2, 0.25) is 0 Å². The molecule has 2 aliphatic rings. The van der Waals surface area contributed by atoms with Crippen LogP contribution in [0.5, 0.6) is 5.75 Å². The normalized spacial score (nSPS) is 19.1. The van der Waals surface area contributed by atoms with Crippen LogP contribution in [-0.4, -0.2) is 88.5 Å². The van der Waals surface area contributed by atoms with E-state index in [1.807, 2.05) is 30.1 Å². The van der Waals surface area contributed by atoms with E-state index in [1.165, 1.54) is 22.7 Å². The third-order valence-electron chi connectivity index (χ3n) is 10.6. The largest absolute Gasteiger partial charge is 0.497 e. The first-order valence-corrected chi connectivity index (χ1v) is 19.7. The smallest absolute Gasteiger partial charge is 0.263 e. The summed E-state index contributed by atoms with van der Waals surface area (Å²) in [4.78, 5) is 32.0. The number of nitrogens with one attached hydrogen (secondary N) is 1. The summed E-state index contributed by atoms with van der Waals surface area (Å²) in [6, 6.07) is 11.9. The molecule has 1 N–H and O–H groups in total. The van der Waals surface area contributed by atoms with Crippen LogP contribution in [0.4, 0.5) is 0 Å². The van der Waals surface area contributed by atoms with Gasteiger partial charge in [-0.05, 0) is 79.9 Å². The summed E-state index contributed by atoms with van der Waals surface area (Å²) in [6.45, 7) is 19.9. The number of fused-ring (bicyclic) bond motifs is 7. The van der Waals surface area contributed by atoms with Crippen molar-refractivity contribution in [2.75, 3.05) is 47.9 Å². The summed E-state index contributed by atoms with van der Waals surface area (Å²) in [7, 11) is 3.81. The molecule has 4 atom stereocenters. The highest BCUT2D eigenvalue weighted by Gasteiger charge is 2.63. The lowest BCUT2D eigenvalue weighted by atomic mass is 9.89. The second-order valence-electron chi connectivity index (χ2n) is 14.0. The number of rotatable bonds is 13. The van der Waals surface area contributed by atoms with Crippen molar-refractivity contribution >= 4 is 38.5 Å². The number of carbonyl (C=O) groups excluding carboxylic acids is 2. The highest BCUT2D eigenvalue weighted by atomic mass is 32.2. The van der Waals surface area contributed by atoms with Crippen molar-refractivity contribution in [1.82, 2.24) is 23.4 Å². The van der Waals surface area contributed by atoms with Crippen molar-refractivity contribution in [2.24, 2.45) is 5.41 Å². The fourth-order valence-electron chi connectivity index (χ4n) is 7.11. The van der Waals surface area contributed by atoms with Gasteiger partial charge in [0.25, 0.3) is 5.91 Å². The Balaban J connectivity index is 0.00000133. The summed E-state index contributed by atoms with van der Waals surface area (Å²) < 4.78 is 24.9. The predicted molar refractivity (Wildman–Crippen MR) is 209 cm³/mol. The minimum Gasteiger partial charge on any atom is -0.497 e. The van der Waals surface area contributed by atoms with Crippen LogP contribution in [0.25, 0.3) is 22.2 Å². The zero-order valence-electron chi connectivity index (χ0n) is 32.0. The Morgan fingerprint density at radius 3 is 2.28 bits per heavy atom. The summed E-state index contributed by atoms with van der Waals surface area (Å²) in [5.41, 5.74) is 6.05. The summed E-state index contributed by atoms with van der Waals surface area (Å²) in [5, 5.41) is 1.05. The predicted octanol–water partition coefficient (Wildman–Crippen LogP) is 7.28. The fourth-order valence-corrected chi connectivity index (χ4v) is 7.70. The molecule has 1 saturated carbocycles. The second kappa shape index (κ2) is 15.6. The minimum absolute atomic E-state index is 0.0245. The molecule has 2 amide bonds. The van der Waals surface area contributed by atoms with E-state index in [-0.39, 0.29) is 17.7 Å². The van der Waals surface area contributed by atoms with Gasteiger partial charge in [-0.1, -0.05) is 53.2 Å². The quantitative estimate of drug-likeness (QED) is 0.189. The molecule has 1 aliphatic carbocycles. The average Bonchev–Trinajstić information content (AvgIpc) is 3.77. The highest BCUT2D eigenvalue weighted by Crippen LogP contribution is 2.66. The molecule has 4 unspecified atom stereocenters. The molecule has 1 aliphatic heterocycles. The van der Waals surface area contributed by atoms with Crippen LogP contribution in [0.1, 0.15) is 101 Å². The molecule has 0 bridgehead atoms. The zero-order valence-corrected chi connectivity index (χ0v) is 32.8. The molecule has 5 rings (SSSR count). The number of hydrogen-bond acceptors (Lipinski definition) is 5. The fraction of sp³-hybridized carbons (Fsp3) is 0.525. The van der Waals surface area contributed by atoms with Gasteiger partial charge in [-0.3, -0.25) is 14.3 Å². The number of hydrogen-bond donors (Lipinski definition) is 1. The van der Waals surface area contributed by atoms with Gasteiger partial charge in [0.2, 0.25) is 5.91 Å².